The summed E-state index contributed by atoms with van der Waals surface area (Å²) in [6.45, 7) is 4.29. The maximum Gasteiger partial charge on any atom is 0.234 e. The van der Waals surface area contributed by atoms with E-state index in [-0.39, 0.29) is 5.96 Å². The Balaban J connectivity index is 2.18. The minimum atomic E-state index is 0.140. The second kappa shape index (κ2) is 13.0. The molecule has 0 saturated heterocycles. The Morgan fingerprint density at radius 2 is 1.23 bits per heavy atom. The number of hydrazone groups is 1. The van der Waals surface area contributed by atoms with Gasteiger partial charge in [0, 0.05) is 10.0 Å². The highest BCUT2D eigenvalue weighted by molar-refractivity contribution is 6.31. The van der Waals surface area contributed by atoms with Crippen LogP contribution in [0.3, 0.4) is 0 Å². The lowest BCUT2D eigenvalue weighted by molar-refractivity contribution is 0.826. The van der Waals surface area contributed by atoms with Crippen LogP contribution < -0.4 is 11.2 Å². The van der Waals surface area contributed by atoms with Gasteiger partial charge in [-0.2, -0.15) is 10.2 Å². The van der Waals surface area contributed by atoms with Gasteiger partial charge in [0.05, 0.1) is 11.4 Å². The van der Waals surface area contributed by atoms with E-state index in [1.54, 1.807) is 0 Å². The van der Waals surface area contributed by atoms with Crippen molar-refractivity contribution < 1.29 is 0 Å². The summed E-state index contributed by atoms with van der Waals surface area (Å²) in [4.78, 5) is 0. The van der Waals surface area contributed by atoms with Gasteiger partial charge in [-0.3, -0.25) is 0 Å². The monoisotopic (exact) mass is 445 g/mol. The third kappa shape index (κ3) is 8.17. The molecule has 2 aromatic carbocycles. The predicted molar refractivity (Wildman–Crippen MR) is 130 cm³/mol. The molecule has 0 spiro atoms. The van der Waals surface area contributed by atoms with Gasteiger partial charge < -0.3 is 5.73 Å². The zero-order valence-electron chi connectivity index (χ0n) is 17.5. The summed E-state index contributed by atoms with van der Waals surface area (Å²) in [7, 11) is 0. The highest BCUT2D eigenvalue weighted by Crippen LogP contribution is 2.14. The fraction of sp³-hybridized carbons (Fsp3) is 0.348. The number of unbranched alkanes of at least 4 members (excludes halogenated alkanes) is 2. The summed E-state index contributed by atoms with van der Waals surface area (Å²) >= 11 is 12.0. The quantitative estimate of drug-likeness (QED) is 0.252. The first kappa shape index (κ1) is 23.9. The molecule has 0 aliphatic carbocycles. The highest BCUT2D eigenvalue weighted by Gasteiger charge is 2.06. The van der Waals surface area contributed by atoms with Gasteiger partial charge in [0.2, 0.25) is 5.96 Å². The fourth-order valence-corrected chi connectivity index (χ4v) is 3.00. The van der Waals surface area contributed by atoms with Gasteiger partial charge in [0.25, 0.3) is 0 Å². The van der Waals surface area contributed by atoms with Crippen LogP contribution in [0, 0.1) is 0 Å². The zero-order valence-corrected chi connectivity index (χ0v) is 19.0. The van der Waals surface area contributed by atoms with Crippen LogP contribution in [0.2, 0.25) is 10.0 Å². The molecule has 160 valence electrons. The lowest BCUT2D eigenvalue weighted by Crippen LogP contribution is -2.28. The highest BCUT2D eigenvalue weighted by atomic mass is 35.5. The van der Waals surface area contributed by atoms with E-state index in [4.69, 9.17) is 28.9 Å². The molecule has 0 bridgehead atoms. The van der Waals surface area contributed by atoms with Crippen molar-refractivity contribution in [3.63, 3.8) is 0 Å². The molecule has 0 atom stereocenters. The molecule has 3 N–H and O–H groups in total. The molecule has 0 aliphatic heterocycles. The Morgan fingerprint density at radius 1 is 0.767 bits per heavy atom. The number of rotatable bonds is 10. The van der Waals surface area contributed by atoms with Gasteiger partial charge in [-0.15, -0.1) is 5.10 Å². The lowest BCUT2D eigenvalue weighted by Gasteiger charge is -2.08. The maximum absolute atomic E-state index is 6.01. The molecule has 0 unspecified atom stereocenters. The van der Waals surface area contributed by atoms with Gasteiger partial charge in [0.15, 0.2) is 0 Å². The van der Waals surface area contributed by atoms with Crippen LogP contribution in [0.5, 0.6) is 0 Å². The van der Waals surface area contributed by atoms with E-state index in [0.717, 1.165) is 61.1 Å². The van der Waals surface area contributed by atoms with Gasteiger partial charge in [-0.25, -0.2) is 5.43 Å². The molecule has 0 aromatic heterocycles. The first-order valence-corrected chi connectivity index (χ1v) is 11.0. The molecule has 0 aliphatic rings. The average Bonchev–Trinajstić information content (AvgIpc) is 2.75. The topological polar surface area (TPSA) is 75.1 Å². The molecule has 5 nitrogen and oxygen atoms in total. The largest absolute Gasteiger partial charge is 0.367 e. The van der Waals surface area contributed by atoms with E-state index >= 15 is 0 Å². The van der Waals surface area contributed by atoms with Gasteiger partial charge in [-0.1, -0.05) is 74.2 Å². The Morgan fingerprint density at radius 3 is 1.73 bits per heavy atom. The molecule has 30 heavy (non-hydrogen) atoms. The minimum absolute atomic E-state index is 0.140. The molecular formula is C23H29Cl2N5. The van der Waals surface area contributed by atoms with Crippen molar-refractivity contribution in [3.8, 4) is 0 Å². The summed E-state index contributed by atoms with van der Waals surface area (Å²) in [5.74, 6) is 0.140. The summed E-state index contributed by atoms with van der Waals surface area (Å²) < 4.78 is 0. The van der Waals surface area contributed by atoms with Crippen molar-refractivity contribution >= 4 is 40.6 Å². The number of benzene rings is 2. The van der Waals surface area contributed by atoms with Crippen LogP contribution in [-0.2, 0) is 0 Å². The zero-order chi connectivity index (χ0) is 21.8. The summed E-state index contributed by atoms with van der Waals surface area (Å²) in [5, 5.41) is 14.4. The molecule has 0 radical (unpaired) electrons. The fourth-order valence-electron chi connectivity index (χ4n) is 2.75. The number of hydrogen-bond acceptors (Lipinski definition) is 3. The first-order valence-electron chi connectivity index (χ1n) is 10.3. The van der Waals surface area contributed by atoms with Gasteiger partial charge >= 0.3 is 0 Å². The average molecular weight is 446 g/mol. The van der Waals surface area contributed by atoms with Crippen molar-refractivity contribution in [2.45, 2.75) is 52.4 Å². The smallest absolute Gasteiger partial charge is 0.234 e. The third-order valence-corrected chi connectivity index (χ3v) is 4.98. The Hall–Kier alpha value is -2.37. The van der Waals surface area contributed by atoms with Crippen molar-refractivity contribution in [2.75, 3.05) is 0 Å². The number of guanidine groups is 1. The van der Waals surface area contributed by atoms with Crippen LogP contribution in [0.4, 0.5) is 0 Å². The van der Waals surface area contributed by atoms with E-state index in [1.165, 1.54) is 0 Å². The predicted octanol–water partition coefficient (Wildman–Crippen LogP) is 6.39. The van der Waals surface area contributed by atoms with Crippen LogP contribution in [-0.4, -0.2) is 17.4 Å². The third-order valence-electron chi connectivity index (χ3n) is 4.47. The molecule has 2 rings (SSSR count). The van der Waals surface area contributed by atoms with Crippen molar-refractivity contribution in [3.05, 3.63) is 69.7 Å². The van der Waals surface area contributed by atoms with Gasteiger partial charge in [0.1, 0.15) is 0 Å². The summed E-state index contributed by atoms with van der Waals surface area (Å²) in [6, 6.07) is 15.2. The van der Waals surface area contributed by atoms with Crippen molar-refractivity contribution in [1.29, 1.82) is 0 Å². The minimum Gasteiger partial charge on any atom is -0.367 e. The molecule has 0 amide bonds. The molecule has 0 fully saturated rings. The number of nitrogens with one attached hydrogen (secondary N) is 1. The second-order valence-corrected chi connectivity index (χ2v) is 7.80. The Labute approximate surface area is 189 Å². The van der Waals surface area contributed by atoms with E-state index in [1.807, 2.05) is 48.5 Å². The molecule has 0 saturated carbocycles. The number of hydrogen-bond donors (Lipinski definition) is 2. The number of nitrogens with zero attached hydrogens (tertiary/aromatic N) is 3. The Kier molecular flexibility index (Phi) is 10.4. The van der Waals surface area contributed by atoms with E-state index < -0.39 is 0 Å². The van der Waals surface area contributed by atoms with Crippen LogP contribution in [0.15, 0.2) is 63.8 Å². The summed E-state index contributed by atoms with van der Waals surface area (Å²) in [5.41, 5.74) is 12.6. The lowest BCUT2D eigenvalue weighted by atomic mass is 10.1. The van der Waals surface area contributed by atoms with E-state index in [2.05, 4.69) is 34.6 Å². The normalized spacial score (nSPS) is 12.9. The molecular weight excluding hydrogens is 417 g/mol. The Bertz CT molecular complexity index is 871. The van der Waals surface area contributed by atoms with E-state index in [0.29, 0.717) is 10.0 Å². The number of halogens is 2. The second-order valence-electron chi connectivity index (χ2n) is 6.92. The van der Waals surface area contributed by atoms with Crippen LogP contribution in [0.1, 0.15) is 63.5 Å². The summed E-state index contributed by atoms with van der Waals surface area (Å²) in [6.07, 6.45) is 5.81. The van der Waals surface area contributed by atoms with Crippen LogP contribution in [0.25, 0.3) is 0 Å². The van der Waals surface area contributed by atoms with Gasteiger partial charge in [-0.05, 0) is 61.1 Å². The molecule has 2 aromatic rings. The molecule has 7 heteroatoms. The maximum atomic E-state index is 6.01. The van der Waals surface area contributed by atoms with Crippen molar-refractivity contribution in [2.24, 2.45) is 21.0 Å². The SMILES string of the molecule is CCCCC(=NN=C(N)NN=C(CCCC)c1ccc(Cl)cc1)c1ccc(Cl)cc1. The van der Waals surface area contributed by atoms with Crippen LogP contribution >= 0.6 is 23.2 Å². The first-order chi connectivity index (χ1) is 14.5. The standard InChI is InChI=1S/C23H29Cl2N5/c1-3-5-7-21(17-9-13-19(24)14-10-17)27-29-23(26)30-28-22(8-6-4-2)18-11-15-20(25)16-12-18/h9-16H,3-8H2,1-2H3,(H3,26,29,30). The van der Waals surface area contributed by atoms with Crippen molar-refractivity contribution in [1.82, 2.24) is 5.43 Å². The van der Waals surface area contributed by atoms with E-state index in [9.17, 15) is 0 Å². The number of nitrogens with two attached hydrogens (primary N) is 1. The molecule has 0 heterocycles.